The van der Waals surface area contributed by atoms with Crippen LogP contribution in [0.3, 0.4) is 0 Å². The molecule has 1 aromatic heterocycles. The van der Waals surface area contributed by atoms with Gasteiger partial charge in [0.1, 0.15) is 30.5 Å². The Kier molecular flexibility index (Phi) is 9.69. The molecule has 1 heterocycles. The second-order valence-corrected chi connectivity index (χ2v) is 11.1. The van der Waals surface area contributed by atoms with E-state index in [4.69, 9.17) is 14.2 Å². The van der Waals surface area contributed by atoms with Crippen LogP contribution in [0.5, 0.6) is 23.3 Å². The molecule has 0 spiro atoms. The van der Waals surface area contributed by atoms with Crippen LogP contribution in [-0.4, -0.2) is 33.0 Å². The highest BCUT2D eigenvalue weighted by Gasteiger charge is 2.23. The predicted molar refractivity (Wildman–Crippen MR) is 174 cm³/mol. The van der Waals surface area contributed by atoms with E-state index >= 15 is 0 Å². The van der Waals surface area contributed by atoms with Crippen molar-refractivity contribution < 1.29 is 19.3 Å². The van der Waals surface area contributed by atoms with Gasteiger partial charge in [-0.1, -0.05) is 86.5 Å². The van der Waals surface area contributed by atoms with Crippen molar-refractivity contribution in [3.8, 4) is 40.3 Å². The average Bonchev–Trinajstić information content (AvgIpc) is 3.44. The molecular formula is C36H40N4O4. The largest absolute Gasteiger partial charge is 0.495 e. The van der Waals surface area contributed by atoms with Gasteiger partial charge in [0.2, 0.25) is 0 Å². The molecule has 228 valence electrons. The van der Waals surface area contributed by atoms with Crippen molar-refractivity contribution in [1.82, 2.24) is 14.8 Å². The zero-order chi connectivity index (χ0) is 31.1. The molecule has 2 N–H and O–H groups in total. The fourth-order valence-electron chi connectivity index (χ4n) is 4.92. The topological polar surface area (TPSA) is 90.7 Å². The zero-order valence-corrected chi connectivity index (χ0v) is 25.9. The number of anilines is 1. The van der Waals surface area contributed by atoms with Crippen LogP contribution in [0, 0.1) is 0 Å². The van der Waals surface area contributed by atoms with Crippen LogP contribution in [0.25, 0.3) is 17.1 Å². The highest BCUT2D eigenvalue weighted by molar-refractivity contribution is 5.72. The lowest BCUT2D eigenvalue weighted by Crippen LogP contribution is -2.14. The maximum absolute atomic E-state index is 11.0. The summed E-state index contributed by atoms with van der Waals surface area (Å²) in [5.74, 6) is 2.59. The standard InChI is InChI=1S/C36H40N4O4/c1-6-25(4)37-31-19-28(17-18-32(31)42-5)40-35(38-39-36(40)41)30-20-29(24(2)3)33(43-22-26-13-9-7-10-14-26)21-34(30)44-23-27-15-11-8-12-16-27/h7-21,24-25,37H,6,22-23H2,1-5H3,(H,39,41). The van der Waals surface area contributed by atoms with Gasteiger partial charge in [0.15, 0.2) is 5.82 Å². The van der Waals surface area contributed by atoms with Crippen molar-refractivity contribution in [2.75, 3.05) is 12.4 Å². The van der Waals surface area contributed by atoms with E-state index in [9.17, 15) is 5.11 Å². The lowest BCUT2D eigenvalue weighted by atomic mass is 9.98. The van der Waals surface area contributed by atoms with Gasteiger partial charge in [0.25, 0.3) is 0 Å². The summed E-state index contributed by atoms with van der Waals surface area (Å²) in [6.45, 7) is 9.24. The summed E-state index contributed by atoms with van der Waals surface area (Å²) in [5, 5.41) is 23.0. The molecule has 0 aliphatic heterocycles. The molecule has 8 nitrogen and oxygen atoms in total. The lowest BCUT2D eigenvalue weighted by molar-refractivity contribution is 0.288. The van der Waals surface area contributed by atoms with Crippen LogP contribution in [0.1, 0.15) is 56.7 Å². The predicted octanol–water partition coefficient (Wildman–Crippen LogP) is 8.14. The average molecular weight is 593 g/mol. The lowest BCUT2D eigenvalue weighted by Gasteiger charge is -2.20. The summed E-state index contributed by atoms with van der Waals surface area (Å²) < 4.78 is 20.1. The third-order valence-corrected chi connectivity index (χ3v) is 7.55. The number of nitrogens with one attached hydrogen (secondary N) is 1. The molecule has 1 atom stereocenters. The molecular weight excluding hydrogens is 552 g/mol. The minimum atomic E-state index is -0.232. The first-order valence-electron chi connectivity index (χ1n) is 15.0. The Morgan fingerprint density at radius 2 is 1.41 bits per heavy atom. The van der Waals surface area contributed by atoms with Gasteiger partial charge in [0, 0.05) is 12.1 Å². The first-order valence-corrected chi connectivity index (χ1v) is 15.0. The Balaban J connectivity index is 1.61. The fraction of sp³-hybridized carbons (Fsp3) is 0.278. The highest BCUT2D eigenvalue weighted by atomic mass is 16.5. The minimum Gasteiger partial charge on any atom is -0.495 e. The summed E-state index contributed by atoms with van der Waals surface area (Å²) in [7, 11) is 1.64. The number of benzene rings is 4. The number of ether oxygens (including phenoxy) is 3. The van der Waals surface area contributed by atoms with E-state index in [0.717, 1.165) is 34.5 Å². The summed E-state index contributed by atoms with van der Waals surface area (Å²) in [5.41, 5.74) is 5.27. The summed E-state index contributed by atoms with van der Waals surface area (Å²) in [4.78, 5) is 0. The Labute approximate surface area is 259 Å². The zero-order valence-electron chi connectivity index (χ0n) is 25.9. The second kappa shape index (κ2) is 14.0. The summed E-state index contributed by atoms with van der Waals surface area (Å²) in [6.07, 6.45) is 0.940. The molecule has 5 aromatic rings. The van der Waals surface area contributed by atoms with E-state index in [-0.39, 0.29) is 18.0 Å². The van der Waals surface area contributed by atoms with Gasteiger partial charge in [-0.25, -0.2) is 4.57 Å². The second-order valence-electron chi connectivity index (χ2n) is 11.1. The van der Waals surface area contributed by atoms with Crippen molar-refractivity contribution in [2.45, 2.75) is 59.3 Å². The Morgan fingerprint density at radius 3 is 2.00 bits per heavy atom. The van der Waals surface area contributed by atoms with Crippen molar-refractivity contribution >= 4 is 5.69 Å². The van der Waals surface area contributed by atoms with Gasteiger partial charge >= 0.3 is 6.01 Å². The maximum atomic E-state index is 11.0. The highest BCUT2D eigenvalue weighted by Crippen LogP contribution is 2.41. The number of methoxy groups -OCH3 is 1. The summed E-state index contributed by atoms with van der Waals surface area (Å²) in [6, 6.07) is 29.7. The van der Waals surface area contributed by atoms with Crippen LogP contribution in [0.4, 0.5) is 5.69 Å². The van der Waals surface area contributed by atoms with Crippen LogP contribution in [0.2, 0.25) is 0 Å². The molecule has 0 saturated carbocycles. The normalized spacial score (nSPS) is 11.8. The number of hydrogen-bond donors (Lipinski definition) is 2. The monoisotopic (exact) mass is 592 g/mol. The maximum Gasteiger partial charge on any atom is 0.319 e. The Morgan fingerprint density at radius 1 is 0.773 bits per heavy atom. The smallest absolute Gasteiger partial charge is 0.319 e. The fourth-order valence-corrected chi connectivity index (χ4v) is 4.92. The van der Waals surface area contributed by atoms with Gasteiger partial charge in [-0.15, -0.1) is 5.10 Å². The third kappa shape index (κ3) is 6.97. The molecule has 44 heavy (non-hydrogen) atoms. The Hall–Kier alpha value is -4.98. The number of hydrogen-bond acceptors (Lipinski definition) is 7. The molecule has 8 heteroatoms. The first-order chi connectivity index (χ1) is 21.4. The quantitative estimate of drug-likeness (QED) is 0.143. The number of nitrogens with zero attached hydrogens (tertiary/aromatic N) is 3. The molecule has 0 amide bonds. The van der Waals surface area contributed by atoms with Crippen LogP contribution in [0.15, 0.2) is 91.0 Å². The van der Waals surface area contributed by atoms with E-state index in [1.54, 1.807) is 11.7 Å². The van der Waals surface area contributed by atoms with Gasteiger partial charge in [-0.2, -0.15) is 0 Å². The van der Waals surface area contributed by atoms with Crippen molar-refractivity contribution in [2.24, 2.45) is 0 Å². The molecule has 4 aromatic carbocycles. The van der Waals surface area contributed by atoms with Gasteiger partial charge < -0.3 is 24.6 Å². The van der Waals surface area contributed by atoms with Crippen molar-refractivity contribution in [3.05, 3.63) is 108 Å². The van der Waals surface area contributed by atoms with E-state index in [1.807, 2.05) is 91.0 Å². The number of rotatable bonds is 13. The first kappa shape index (κ1) is 30.5. The molecule has 1 unspecified atom stereocenters. The van der Waals surface area contributed by atoms with Crippen LogP contribution in [-0.2, 0) is 13.2 Å². The van der Waals surface area contributed by atoms with Crippen LogP contribution < -0.4 is 19.5 Å². The molecule has 0 bridgehead atoms. The van der Waals surface area contributed by atoms with Gasteiger partial charge in [-0.3, -0.25) is 0 Å². The third-order valence-electron chi connectivity index (χ3n) is 7.55. The van der Waals surface area contributed by atoms with Gasteiger partial charge in [0.05, 0.1) is 24.0 Å². The molecule has 0 saturated heterocycles. The molecule has 0 aliphatic carbocycles. The molecule has 0 fully saturated rings. The molecule has 0 radical (unpaired) electrons. The minimum absolute atomic E-state index is 0.139. The molecule has 5 rings (SSSR count). The Bertz CT molecular complexity index is 1670. The SMILES string of the molecule is CCC(C)Nc1cc(-n2c(O)nnc2-c2cc(C(C)C)c(OCc3ccccc3)cc2OCc2ccccc2)ccc1OC. The van der Waals surface area contributed by atoms with Crippen molar-refractivity contribution in [1.29, 1.82) is 0 Å². The number of aromatic hydroxyl groups is 1. The van der Waals surface area contributed by atoms with Crippen molar-refractivity contribution in [3.63, 3.8) is 0 Å². The van der Waals surface area contributed by atoms with E-state index in [0.29, 0.717) is 41.8 Å². The van der Waals surface area contributed by atoms with E-state index in [1.165, 1.54) is 0 Å². The van der Waals surface area contributed by atoms with Gasteiger partial charge in [-0.05, 0) is 60.2 Å². The van der Waals surface area contributed by atoms with E-state index < -0.39 is 0 Å². The van der Waals surface area contributed by atoms with E-state index in [2.05, 4.69) is 43.2 Å². The van der Waals surface area contributed by atoms with Crippen LogP contribution >= 0.6 is 0 Å². The summed E-state index contributed by atoms with van der Waals surface area (Å²) >= 11 is 0. The number of aromatic nitrogens is 3. The molecule has 0 aliphatic rings.